The molecule has 14 heavy (non-hydrogen) atoms. The number of carbonyl (C=O) groups excluding carboxylic acids is 1. The van der Waals surface area contributed by atoms with Gasteiger partial charge >= 0.3 is 6.09 Å². The van der Waals surface area contributed by atoms with Crippen LogP contribution in [-0.2, 0) is 4.74 Å². The summed E-state index contributed by atoms with van der Waals surface area (Å²) >= 11 is 0. The van der Waals surface area contributed by atoms with Crippen molar-refractivity contribution in [3.8, 4) is 0 Å². The Balaban J connectivity index is 2.15. The summed E-state index contributed by atoms with van der Waals surface area (Å²) in [5, 5.41) is 11.2. The van der Waals surface area contributed by atoms with Crippen molar-refractivity contribution in [2.75, 3.05) is 19.8 Å². The SMILES string of the molecule is CC1(CNC(=O)OCCO)CCCC1. The molecule has 1 amide bonds. The van der Waals surface area contributed by atoms with Crippen LogP contribution in [0.3, 0.4) is 0 Å². The zero-order valence-corrected chi connectivity index (χ0v) is 8.71. The minimum Gasteiger partial charge on any atom is -0.447 e. The number of aliphatic hydroxyl groups excluding tert-OH is 1. The Labute approximate surface area is 84.6 Å². The monoisotopic (exact) mass is 201 g/mol. The molecule has 4 heteroatoms. The van der Waals surface area contributed by atoms with Gasteiger partial charge in [-0.05, 0) is 18.3 Å². The number of ether oxygens (including phenoxy) is 1. The van der Waals surface area contributed by atoms with E-state index >= 15 is 0 Å². The molecular weight excluding hydrogens is 182 g/mol. The molecule has 0 aliphatic heterocycles. The molecule has 0 spiro atoms. The van der Waals surface area contributed by atoms with Crippen molar-refractivity contribution >= 4 is 6.09 Å². The first-order valence-corrected chi connectivity index (χ1v) is 5.18. The second-order valence-corrected chi connectivity index (χ2v) is 4.23. The van der Waals surface area contributed by atoms with E-state index in [1.54, 1.807) is 0 Å². The molecule has 1 rings (SSSR count). The van der Waals surface area contributed by atoms with E-state index in [0.717, 1.165) is 0 Å². The van der Waals surface area contributed by atoms with Gasteiger partial charge < -0.3 is 15.2 Å². The first-order valence-electron chi connectivity index (χ1n) is 5.18. The van der Waals surface area contributed by atoms with Gasteiger partial charge in [0.25, 0.3) is 0 Å². The molecule has 0 unspecified atom stereocenters. The second-order valence-electron chi connectivity index (χ2n) is 4.23. The normalized spacial score (nSPS) is 19.3. The Morgan fingerprint density at radius 1 is 1.50 bits per heavy atom. The number of aliphatic hydroxyl groups is 1. The number of amides is 1. The number of hydrogen-bond acceptors (Lipinski definition) is 3. The molecule has 0 heterocycles. The molecule has 4 nitrogen and oxygen atoms in total. The first-order chi connectivity index (χ1) is 6.66. The van der Waals surface area contributed by atoms with Crippen LogP contribution in [0.1, 0.15) is 32.6 Å². The maximum absolute atomic E-state index is 11.1. The van der Waals surface area contributed by atoms with Crippen LogP contribution >= 0.6 is 0 Å². The van der Waals surface area contributed by atoms with Crippen molar-refractivity contribution in [2.45, 2.75) is 32.6 Å². The van der Waals surface area contributed by atoms with Crippen LogP contribution < -0.4 is 5.32 Å². The van der Waals surface area contributed by atoms with E-state index in [1.165, 1.54) is 25.7 Å². The molecule has 0 radical (unpaired) electrons. The molecule has 0 saturated heterocycles. The lowest BCUT2D eigenvalue weighted by atomic mass is 9.89. The minimum atomic E-state index is -0.424. The average Bonchev–Trinajstić information content (AvgIpc) is 2.60. The fraction of sp³-hybridized carbons (Fsp3) is 0.900. The van der Waals surface area contributed by atoms with E-state index in [-0.39, 0.29) is 18.6 Å². The molecule has 0 atom stereocenters. The molecule has 1 saturated carbocycles. The average molecular weight is 201 g/mol. The summed E-state index contributed by atoms with van der Waals surface area (Å²) in [5.41, 5.74) is 0.248. The van der Waals surface area contributed by atoms with Crippen molar-refractivity contribution in [3.63, 3.8) is 0 Å². The molecule has 1 aliphatic carbocycles. The van der Waals surface area contributed by atoms with Crippen LogP contribution in [-0.4, -0.2) is 31.0 Å². The Morgan fingerprint density at radius 2 is 2.14 bits per heavy atom. The van der Waals surface area contributed by atoms with Gasteiger partial charge in [0, 0.05) is 6.54 Å². The maximum Gasteiger partial charge on any atom is 0.407 e. The van der Waals surface area contributed by atoms with E-state index < -0.39 is 6.09 Å². The highest BCUT2D eigenvalue weighted by atomic mass is 16.6. The summed E-state index contributed by atoms with van der Waals surface area (Å²) in [7, 11) is 0. The van der Waals surface area contributed by atoms with Crippen LogP contribution in [0.5, 0.6) is 0 Å². The predicted molar refractivity (Wildman–Crippen MR) is 53.0 cm³/mol. The highest BCUT2D eigenvalue weighted by Gasteiger charge is 2.28. The number of alkyl carbamates (subject to hydrolysis) is 1. The Morgan fingerprint density at radius 3 is 2.71 bits per heavy atom. The molecule has 82 valence electrons. The standard InChI is InChI=1S/C10H19NO3/c1-10(4-2-3-5-10)8-11-9(13)14-7-6-12/h12H,2-8H2,1H3,(H,11,13). The Bertz CT molecular complexity index is 188. The van der Waals surface area contributed by atoms with Gasteiger partial charge in [0.1, 0.15) is 6.61 Å². The number of rotatable bonds is 4. The van der Waals surface area contributed by atoms with Gasteiger partial charge in [-0.15, -0.1) is 0 Å². The summed E-state index contributed by atoms with van der Waals surface area (Å²) in [6, 6.07) is 0. The molecule has 1 aliphatic rings. The van der Waals surface area contributed by atoms with Gasteiger partial charge in [-0.25, -0.2) is 4.79 Å². The zero-order valence-electron chi connectivity index (χ0n) is 8.71. The summed E-state index contributed by atoms with van der Waals surface area (Å²) in [4.78, 5) is 11.1. The van der Waals surface area contributed by atoms with E-state index in [0.29, 0.717) is 6.54 Å². The molecular formula is C10H19NO3. The van der Waals surface area contributed by atoms with Crippen LogP contribution in [0.2, 0.25) is 0 Å². The quantitative estimate of drug-likeness (QED) is 0.720. The smallest absolute Gasteiger partial charge is 0.407 e. The number of carbonyl (C=O) groups is 1. The van der Waals surface area contributed by atoms with E-state index in [1.807, 2.05) is 0 Å². The lowest BCUT2D eigenvalue weighted by Crippen LogP contribution is -2.34. The molecule has 1 fully saturated rings. The molecule has 0 bridgehead atoms. The molecule has 0 aromatic heterocycles. The minimum absolute atomic E-state index is 0.0720. The molecule has 2 N–H and O–H groups in total. The maximum atomic E-state index is 11.1. The summed E-state index contributed by atoms with van der Waals surface area (Å²) in [6.45, 7) is 2.82. The van der Waals surface area contributed by atoms with Crippen molar-refractivity contribution < 1.29 is 14.6 Å². The first kappa shape index (κ1) is 11.3. The highest BCUT2D eigenvalue weighted by Crippen LogP contribution is 2.36. The van der Waals surface area contributed by atoms with Gasteiger partial charge in [-0.2, -0.15) is 0 Å². The van der Waals surface area contributed by atoms with Crippen molar-refractivity contribution in [1.29, 1.82) is 0 Å². The fourth-order valence-corrected chi connectivity index (χ4v) is 1.88. The third-order valence-corrected chi connectivity index (χ3v) is 2.79. The van der Waals surface area contributed by atoms with Crippen LogP contribution in [0.4, 0.5) is 4.79 Å². The van der Waals surface area contributed by atoms with Gasteiger partial charge in [0.15, 0.2) is 0 Å². The van der Waals surface area contributed by atoms with Crippen LogP contribution in [0.15, 0.2) is 0 Å². The van der Waals surface area contributed by atoms with Gasteiger partial charge in [0.2, 0.25) is 0 Å². The van der Waals surface area contributed by atoms with Gasteiger partial charge in [-0.1, -0.05) is 19.8 Å². The van der Waals surface area contributed by atoms with E-state index in [2.05, 4.69) is 12.2 Å². The summed E-state index contributed by atoms with van der Waals surface area (Å²) in [5.74, 6) is 0. The van der Waals surface area contributed by atoms with E-state index in [4.69, 9.17) is 9.84 Å². The zero-order chi connectivity index (χ0) is 10.4. The van der Waals surface area contributed by atoms with Gasteiger partial charge in [-0.3, -0.25) is 0 Å². The summed E-state index contributed by atoms with van der Waals surface area (Å²) in [6.07, 6.45) is 4.43. The lowest BCUT2D eigenvalue weighted by molar-refractivity contribution is 0.115. The molecule has 0 aromatic rings. The van der Waals surface area contributed by atoms with Crippen LogP contribution in [0, 0.1) is 5.41 Å². The summed E-state index contributed by atoms with van der Waals surface area (Å²) < 4.78 is 4.70. The highest BCUT2D eigenvalue weighted by molar-refractivity contribution is 5.67. The predicted octanol–water partition coefficient (Wildman–Crippen LogP) is 1.29. The topological polar surface area (TPSA) is 58.6 Å². The number of hydrogen-bond donors (Lipinski definition) is 2. The Kier molecular flexibility index (Phi) is 4.20. The third-order valence-electron chi connectivity index (χ3n) is 2.79. The Hall–Kier alpha value is -0.770. The lowest BCUT2D eigenvalue weighted by Gasteiger charge is -2.23. The van der Waals surface area contributed by atoms with Crippen molar-refractivity contribution in [3.05, 3.63) is 0 Å². The third kappa shape index (κ3) is 3.54. The molecule has 0 aromatic carbocycles. The van der Waals surface area contributed by atoms with Crippen molar-refractivity contribution in [2.24, 2.45) is 5.41 Å². The van der Waals surface area contributed by atoms with E-state index in [9.17, 15) is 4.79 Å². The fourth-order valence-electron chi connectivity index (χ4n) is 1.88. The second kappa shape index (κ2) is 5.20. The van der Waals surface area contributed by atoms with Crippen molar-refractivity contribution in [1.82, 2.24) is 5.32 Å². The number of nitrogens with one attached hydrogen (secondary N) is 1. The van der Waals surface area contributed by atoms with Gasteiger partial charge in [0.05, 0.1) is 6.61 Å². The largest absolute Gasteiger partial charge is 0.447 e. The van der Waals surface area contributed by atoms with Crippen LogP contribution in [0.25, 0.3) is 0 Å².